The van der Waals surface area contributed by atoms with Crippen LogP contribution in [-0.4, -0.2) is 30.1 Å². The molecule has 0 saturated heterocycles. The third-order valence-electron chi connectivity index (χ3n) is 2.61. The molecule has 0 amide bonds. The minimum Gasteiger partial charge on any atom is -0.358 e. The highest BCUT2D eigenvalue weighted by atomic mass is 15.2. The number of nitrogens with one attached hydrogen (secondary N) is 1. The first-order chi connectivity index (χ1) is 8.58. The van der Waals surface area contributed by atoms with Gasteiger partial charge in [-0.15, -0.1) is 0 Å². The van der Waals surface area contributed by atoms with E-state index in [1.165, 1.54) is 0 Å². The molecule has 1 unspecified atom stereocenters. The standard InChI is InChI=1S/C13H21N5/c1-5-6-15-13-16-8-11(3)12(17-13)18(4)9-10(2)7-14/h8,10H,5-6,9H2,1-4H3,(H,15,16,17). The Bertz CT molecular complexity index is 424. The van der Waals surface area contributed by atoms with Crippen molar-refractivity contribution in [3.63, 3.8) is 0 Å². The van der Waals surface area contributed by atoms with Gasteiger partial charge >= 0.3 is 0 Å². The van der Waals surface area contributed by atoms with E-state index < -0.39 is 0 Å². The van der Waals surface area contributed by atoms with Crippen LogP contribution in [0.15, 0.2) is 6.20 Å². The molecule has 5 heteroatoms. The Kier molecular flexibility index (Phi) is 5.37. The maximum absolute atomic E-state index is 8.85. The fraction of sp³-hybridized carbons (Fsp3) is 0.615. The van der Waals surface area contributed by atoms with Crippen LogP contribution in [0.25, 0.3) is 0 Å². The quantitative estimate of drug-likeness (QED) is 0.835. The maximum Gasteiger partial charge on any atom is 0.224 e. The minimum atomic E-state index is -0.0172. The molecular weight excluding hydrogens is 226 g/mol. The zero-order valence-electron chi connectivity index (χ0n) is 11.6. The van der Waals surface area contributed by atoms with Gasteiger partial charge in [0.25, 0.3) is 0 Å². The van der Waals surface area contributed by atoms with Crippen LogP contribution < -0.4 is 10.2 Å². The summed E-state index contributed by atoms with van der Waals surface area (Å²) in [4.78, 5) is 10.7. The fourth-order valence-electron chi connectivity index (χ4n) is 1.68. The number of nitriles is 1. The number of aromatic nitrogens is 2. The van der Waals surface area contributed by atoms with Crippen LogP contribution in [0.5, 0.6) is 0 Å². The third-order valence-corrected chi connectivity index (χ3v) is 2.61. The van der Waals surface area contributed by atoms with Gasteiger partial charge in [-0.05, 0) is 20.3 Å². The molecule has 1 aromatic heterocycles. The smallest absolute Gasteiger partial charge is 0.224 e. The van der Waals surface area contributed by atoms with Gasteiger partial charge in [-0.25, -0.2) is 4.98 Å². The third kappa shape index (κ3) is 3.88. The highest BCUT2D eigenvalue weighted by Crippen LogP contribution is 2.17. The van der Waals surface area contributed by atoms with Gasteiger partial charge in [-0.1, -0.05) is 6.92 Å². The van der Waals surface area contributed by atoms with E-state index in [1.807, 2.05) is 32.0 Å². The summed E-state index contributed by atoms with van der Waals surface area (Å²) >= 11 is 0. The Morgan fingerprint density at radius 2 is 2.28 bits per heavy atom. The summed E-state index contributed by atoms with van der Waals surface area (Å²) < 4.78 is 0. The molecule has 1 atom stereocenters. The van der Waals surface area contributed by atoms with E-state index in [1.54, 1.807) is 0 Å². The lowest BCUT2D eigenvalue weighted by Crippen LogP contribution is -2.25. The van der Waals surface area contributed by atoms with Crippen molar-refractivity contribution in [1.29, 1.82) is 5.26 Å². The summed E-state index contributed by atoms with van der Waals surface area (Å²) in [6.07, 6.45) is 2.85. The Morgan fingerprint density at radius 3 is 2.89 bits per heavy atom. The number of rotatable bonds is 6. The van der Waals surface area contributed by atoms with Gasteiger partial charge in [0.1, 0.15) is 5.82 Å². The van der Waals surface area contributed by atoms with E-state index in [-0.39, 0.29) is 5.92 Å². The first-order valence-electron chi connectivity index (χ1n) is 6.26. The van der Waals surface area contributed by atoms with E-state index in [2.05, 4.69) is 28.3 Å². The monoisotopic (exact) mass is 247 g/mol. The van der Waals surface area contributed by atoms with Crippen molar-refractivity contribution in [2.45, 2.75) is 27.2 Å². The molecular formula is C13H21N5. The summed E-state index contributed by atoms with van der Waals surface area (Å²) in [6.45, 7) is 7.51. The molecule has 0 aliphatic rings. The van der Waals surface area contributed by atoms with Crippen LogP contribution in [0.1, 0.15) is 25.8 Å². The molecule has 0 radical (unpaired) electrons. The van der Waals surface area contributed by atoms with Gasteiger partial charge < -0.3 is 10.2 Å². The molecule has 0 fully saturated rings. The molecule has 0 bridgehead atoms. The molecule has 0 spiro atoms. The lowest BCUT2D eigenvalue weighted by Gasteiger charge is -2.21. The lowest BCUT2D eigenvalue weighted by molar-refractivity contribution is 0.707. The largest absolute Gasteiger partial charge is 0.358 e. The predicted molar refractivity (Wildman–Crippen MR) is 73.6 cm³/mol. The molecule has 1 rings (SSSR count). The second-order valence-electron chi connectivity index (χ2n) is 4.54. The Hall–Kier alpha value is -1.83. The molecule has 0 aliphatic carbocycles. The SMILES string of the molecule is CCCNc1ncc(C)c(N(C)CC(C)C#N)n1. The van der Waals surface area contributed by atoms with Crippen molar-refractivity contribution in [3.8, 4) is 6.07 Å². The highest BCUT2D eigenvalue weighted by molar-refractivity contribution is 5.48. The fourth-order valence-corrected chi connectivity index (χ4v) is 1.68. The van der Waals surface area contributed by atoms with Crippen molar-refractivity contribution >= 4 is 11.8 Å². The van der Waals surface area contributed by atoms with Crippen LogP contribution in [-0.2, 0) is 0 Å². The summed E-state index contributed by atoms with van der Waals surface area (Å²) in [5.41, 5.74) is 1.02. The molecule has 1 aromatic rings. The molecule has 1 heterocycles. The maximum atomic E-state index is 8.85. The van der Waals surface area contributed by atoms with Gasteiger partial charge in [0.2, 0.25) is 5.95 Å². The second-order valence-corrected chi connectivity index (χ2v) is 4.54. The predicted octanol–water partition coefficient (Wildman–Crippen LogP) is 2.20. The zero-order chi connectivity index (χ0) is 13.5. The number of hydrogen-bond donors (Lipinski definition) is 1. The van der Waals surface area contributed by atoms with Crippen LogP contribution >= 0.6 is 0 Å². The molecule has 0 aliphatic heterocycles. The van der Waals surface area contributed by atoms with Gasteiger partial charge in [-0.2, -0.15) is 10.2 Å². The summed E-state index contributed by atoms with van der Waals surface area (Å²) in [7, 11) is 1.95. The first kappa shape index (κ1) is 14.2. The summed E-state index contributed by atoms with van der Waals surface area (Å²) in [5, 5.41) is 12.0. The Labute approximate surface area is 109 Å². The van der Waals surface area contributed by atoms with Crippen LogP contribution in [0.3, 0.4) is 0 Å². The van der Waals surface area contributed by atoms with E-state index >= 15 is 0 Å². The molecule has 0 saturated carbocycles. The van der Waals surface area contributed by atoms with Gasteiger partial charge in [0.05, 0.1) is 12.0 Å². The average Bonchev–Trinajstić information content (AvgIpc) is 2.37. The van der Waals surface area contributed by atoms with E-state index in [9.17, 15) is 0 Å². The van der Waals surface area contributed by atoms with Gasteiger partial charge in [0.15, 0.2) is 0 Å². The van der Waals surface area contributed by atoms with Crippen LogP contribution in [0, 0.1) is 24.2 Å². The van der Waals surface area contributed by atoms with Crippen LogP contribution in [0.2, 0.25) is 0 Å². The van der Waals surface area contributed by atoms with E-state index in [4.69, 9.17) is 5.26 Å². The minimum absolute atomic E-state index is 0.0172. The highest BCUT2D eigenvalue weighted by Gasteiger charge is 2.11. The number of aryl methyl sites for hydroxylation is 1. The topological polar surface area (TPSA) is 64.8 Å². The zero-order valence-corrected chi connectivity index (χ0v) is 11.6. The number of anilines is 2. The van der Waals surface area contributed by atoms with E-state index in [0.717, 1.165) is 24.3 Å². The van der Waals surface area contributed by atoms with Gasteiger partial charge in [0, 0.05) is 31.9 Å². The molecule has 98 valence electrons. The van der Waals surface area contributed by atoms with Gasteiger partial charge in [-0.3, -0.25) is 0 Å². The van der Waals surface area contributed by atoms with E-state index in [0.29, 0.717) is 12.5 Å². The van der Waals surface area contributed by atoms with Crippen LogP contribution in [0.4, 0.5) is 11.8 Å². The Balaban J connectivity index is 2.83. The number of hydrogen-bond acceptors (Lipinski definition) is 5. The molecule has 0 aromatic carbocycles. The lowest BCUT2D eigenvalue weighted by atomic mass is 10.2. The first-order valence-corrected chi connectivity index (χ1v) is 6.26. The number of nitrogens with zero attached hydrogens (tertiary/aromatic N) is 4. The summed E-state index contributed by atoms with van der Waals surface area (Å²) in [5.74, 6) is 1.51. The van der Waals surface area contributed by atoms with Crippen molar-refractivity contribution < 1.29 is 0 Å². The summed E-state index contributed by atoms with van der Waals surface area (Å²) in [6, 6.07) is 2.23. The molecule has 1 N–H and O–H groups in total. The van der Waals surface area contributed by atoms with Crippen molar-refractivity contribution in [3.05, 3.63) is 11.8 Å². The van der Waals surface area contributed by atoms with Crippen molar-refractivity contribution in [2.75, 3.05) is 30.4 Å². The Morgan fingerprint density at radius 1 is 1.56 bits per heavy atom. The molecule has 18 heavy (non-hydrogen) atoms. The second kappa shape index (κ2) is 6.80. The molecule has 5 nitrogen and oxygen atoms in total. The van der Waals surface area contributed by atoms with Crippen molar-refractivity contribution in [2.24, 2.45) is 5.92 Å². The van der Waals surface area contributed by atoms with Crippen molar-refractivity contribution in [1.82, 2.24) is 9.97 Å². The average molecular weight is 247 g/mol. The normalized spacial score (nSPS) is 11.7.